The lowest BCUT2D eigenvalue weighted by molar-refractivity contribution is 0.0599. The van der Waals surface area contributed by atoms with E-state index < -0.39 is 5.97 Å². The van der Waals surface area contributed by atoms with Gasteiger partial charge in [-0.3, -0.25) is 9.36 Å². The van der Waals surface area contributed by atoms with Crippen molar-refractivity contribution in [2.45, 2.75) is 13.2 Å². The zero-order valence-electron chi connectivity index (χ0n) is 14.9. The van der Waals surface area contributed by atoms with Gasteiger partial charge < -0.3 is 9.47 Å². The minimum absolute atomic E-state index is 0.131. The second-order valence-corrected chi connectivity index (χ2v) is 6.65. The molecule has 0 saturated heterocycles. The summed E-state index contributed by atoms with van der Waals surface area (Å²) in [6, 6.07) is 12.7. The molecule has 0 aliphatic rings. The number of ether oxygens (including phenoxy) is 2. The molecule has 0 atom stereocenters. The predicted octanol–water partition coefficient (Wildman–Crippen LogP) is 3.56. The largest absolute Gasteiger partial charge is 0.472 e. The van der Waals surface area contributed by atoms with Gasteiger partial charge in [-0.2, -0.15) is 0 Å². The number of halogens is 2. The lowest BCUT2D eigenvalue weighted by Gasteiger charge is -2.12. The Morgan fingerprint density at radius 2 is 1.89 bits per heavy atom. The van der Waals surface area contributed by atoms with Crippen LogP contribution in [0.25, 0.3) is 0 Å². The summed E-state index contributed by atoms with van der Waals surface area (Å²) in [5.41, 5.74) is 1.39. The van der Waals surface area contributed by atoms with Gasteiger partial charge in [0.05, 0.1) is 19.2 Å². The molecule has 0 spiro atoms. The summed E-state index contributed by atoms with van der Waals surface area (Å²) in [6.45, 7) is 0.286. The quantitative estimate of drug-likeness (QED) is 0.541. The van der Waals surface area contributed by atoms with Crippen molar-refractivity contribution in [1.82, 2.24) is 9.55 Å². The van der Waals surface area contributed by atoms with Gasteiger partial charge >= 0.3 is 5.97 Å². The molecule has 1 heterocycles. The molecule has 1 aromatic heterocycles. The molecule has 2 aromatic carbocycles. The number of aromatic nitrogens is 2. The number of benzene rings is 2. The summed E-state index contributed by atoms with van der Waals surface area (Å²) in [4.78, 5) is 28.7. The van der Waals surface area contributed by atoms with Crippen molar-refractivity contribution in [2.75, 3.05) is 7.11 Å². The first-order valence-electron chi connectivity index (χ1n) is 8.28. The average Bonchev–Trinajstić information content (AvgIpc) is 2.72. The summed E-state index contributed by atoms with van der Waals surface area (Å²) in [6.07, 6.45) is 1.35. The molecule has 6 nitrogen and oxygen atoms in total. The summed E-state index contributed by atoms with van der Waals surface area (Å²) in [5.74, 6) is -0.681. The molecule has 0 amide bonds. The van der Waals surface area contributed by atoms with E-state index in [1.54, 1.807) is 36.4 Å². The third-order valence-electron chi connectivity index (χ3n) is 4.00. The lowest BCUT2D eigenvalue weighted by Crippen LogP contribution is -2.23. The second kappa shape index (κ2) is 8.79. The molecule has 0 bridgehead atoms. The number of nitrogens with zero attached hydrogens (tertiary/aromatic N) is 2. The molecule has 0 radical (unpaired) electrons. The third kappa shape index (κ3) is 4.45. The van der Waals surface area contributed by atoms with E-state index in [1.807, 2.05) is 0 Å². The summed E-state index contributed by atoms with van der Waals surface area (Å²) < 4.78 is 24.8. The van der Waals surface area contributed by atoms with Gasteiger partial charge in [-0.15, -0.1) is 0 Å². The van der Waals surface area contributed by atoms with Crippen LogP contribution in [0, 0.1) is 5.82 Å². The van der Waals surface area contributed by atoms with Crippen LogP contribution >= 0.6 is 15.9 Å². The molecule has 0 aliphatic carbocycles. The minimum Gasteiger partial charge on any atom is -0.472 e. The number of methoxy groups -OCH3 is 1. The van der Waals surface area contributed by atoms with Crippen molar-refractivity contribution in [1.29, 1.82) is 0 Å². The van der Waals surface area contributed by atoms with Crippen LogP contribution in [0.1, 0.15) is 21.5 Å². The van der Waals surface area contributed by atoms with Gasteiger partial charge in [-0.1, -0.05) is 30.3 Å². The number of hydrogen-bond donors (Lipinski definition) is 0. The SMILES string of the molecule is COC(=O)c1ccccc1Cn1cnc(OCc2ccc(F)cc2)c(Br)c1=O. The molecule has 8 heteroatoms. The van der Waals surface area contributed by atoms with Crippen LogP contribution < -0.4 is 10.3 Å². The van der Waals surface area contributed by atoms with Crippen molar-refractivity contribution in [2.24, 2.45) is 0 Å². The molecule has 0 unspecified atom stereocenters. The Balaban J connectivity index is 1.80. The highest BCUT2D eigenvalue weighted by Crippen LogP contribution is 2.19. The van der Waals surface area contributed by atoms with Crippen molar-refractivity contribution >= 4 is 21.9 Å². The maximum atomic E-state index is 13.0. The number of carbonyl (C=O) groups excluding carboxylic acids is 1. The molecule has 0 N–H and O–H groups in total. The van der Waals surface area contributed by atoms with E-state index in [0.29, 0.717) is 11.1 Å². The summed E-state index contributed by atoms with van der Waals surface area (Å²) in [7, 11) is 1.30. The molecule has 28 heavy (non-hydrogen) atoms. The smallest absolute Gasteiger partial charge is 0.338 e. The Hall–Kier alpha value is -3.00. The topological polar surface area (TPSA) is 70.4 Å². The fourth-order valence-corrected chi connectivity index (χ4v) is 2.99. The van der Waals surface area contributed by atoms with E-state index in [9.17, 15) is 14.0 Å². The zero-order valence-corrected chi connectivity index (χ0v) is 16.5. The summed E-state index contributed by atoms with van der Waals surface area (Å²) in [5, 5.41) is 0. The van der Waals surface area contributed by atoms with Gasteiger partial charge in [-0.25, -0.2) is 14.2 Å². The van der Waals surface area contributed by atoms with E-state index in [0.717, 1.165) is 5.56 Å². The predicted molar refractivity (Wildman–Crippen MR) is 104 cm³/mol. The molecular weight excluding hydrogens is 431 g/mol. The standard InChI is InChI=1S/C20H16BrFN2O4/c1-27-20(26)16-5-3-2-4-14(16)10-24-12-23-18(17(21)19(24)25)28-11-13-6-8-15(22)9-7-13/h2-9,12H,10-11H2,1H3. The number of hydrogen-bond acceptors (Lipinski definition) is 5. The molecule has 144 valence electrons. The first kappa shape index (κ1) is 19.8. The van der Waals surface area contributed by atoms with E-state index in [4.69, 9.17) is 9.47 Å². The summed E-state index contributed by atoms with van der Waals surface area (Å²) >= 11 is 3.22. The normalized spacial score (nSPS) is 10.5. The van der Waals surface area contributed by atoms with Crippen LogP contribution in [0.15, 0.2) is 64.1 Å². The number of carbonyl (C=O) groups is 1. The molecule has 0 fully saturated rings. The highest BCUT2D eigenvalue weighted by molar-refractivity contribution is 9.10. The Labute approximate surface area is 168 Å². The monoisotopic (exact) mass is 446 g/mol. The van der Waals surface area contributed by atoms with Crippen LogP contribution in [0.3, 0.4) is 0 Å². The van der Waals surface area contributed by atoms with Crippen molar-refractivity contribution in [3.63, 3.8) is 0 Å². The van der Waals surface area contributed by atoms with Crippen LogP contribution in [-0.2, 0) is 17.9 Å². The zero-order chi connectivity index (χ0) is 20.1. The Morgan fingerprint density at radius 1 is 1.18 bits per heavy atom. The highest BCUT2D eigenvalue weighted by Gasteiger charge is 2.15. The third-order valence-corrected chi connectivity index (χ3v) is 4.68. The van der Waals surface area contributed by atoms with E-state index in [-0.39, 0.29) is 34.9 Å². The Kier molecular flexibility index (Phi) is 6.20. The fourth-order valence-electron chi connectivity index (χ4n) is 2.55. The minimum atomic E-state index is -0.477. The van der Waals surface area contributed by atoms with E-state index in [1.165, 1.54) is 30.1 Å². The van der Waals surface area contributed by atoms with Crippen molar-refractivity contribution in [3.05, 3.63) is 92.2 Å². The van der Waals surface area contributed by atoms with Crippen LogP contribution in [-0.4, -0.2) is 22.6 Å². The average molecular weight is 447 g/mol. The van der Waals surface area contributed by atoms with E-state index in [2.05, 4.69) is 20.9 Å². The fraction of sp³-hybridized carbons (Fsp3) is 0.150. The van der Waals surface area contributed by atoms with Gasteiger partial charge in [0.15, 0.2) is 0 Å². The van der Waals surface area contributed by atoms with Gasteiger partial charge in [0.1, 0.15) is 23.2 Å². The second-order valence-electron chi connectivity index (χ2n) is 5.86. The molecule has 3 aromatic rings. The van der Waals surface area contributed by atoms with Gasteiger partial charge in [0.25, 0.3) is 5.56 Å². The van der Waals surface area contributed by atoms with Gasteiger partial charge in [0.2, 0.25) is 5.88 Å². The first-order valence-corrected chi connectivity index (χ1v) is 9.07. The Morgan fingerprint density at radius 3 is 2.61 bits per heavy atom. The molecule has 3 rings (SSSR count). The van der Waals surface area contributed by atoms with E-state index >= 15 is 0 Å². The molecular formula is C20H16BrFN2O4. The Bertz CT molecular complexity index is 1050. The van der Waals surface area contributed by atoms with Crippen molar-refractivity contribution in [3.8, 4) is 5.88 Å². The van der Waals surface area contributed by atoms with Crippen LogP contribution in [0.4, 0.5) is 4.39 Å². The highest BCUT2D eigenvalue weighted by atomic mass is 79.9. The first-order chi connectivity index (χ1) is 13.5. The number of rotatable bonds is 6. The van der Waals surface area contributed by atoms with Crippen LogP contribution in [0.2, 0.25) is 0 Å². The van der Waals surface area contributed by atoms with Crippen LogP contribution in [0.5, 0.6) is 5.88 Å². The van der Waals surface area contributed by atoms with Gasteiger partial charge in [-0.05, 0) is 45.3 Å². The molecule has 0 aliphatic heterocycles. The maximum Gasteiger partial charge on any atom is 0.338 e. The number of esters is 1. The van der Waals surface area contributed by atoms with Crippen molar-refractivity contribution < 1.29 is 18.7 Å². The van der Waals surface area contributed by atoms with Gasteiger partial charge in [0, 0.05) is 0 Å². The lowest BCUT2D eigenvalue weighted by atomic mass is 10.1. The molecule has 0 saturated carbocycles. The maximum absolute atomic E-state index is 13.0.